The second kappa shape index (κ2) is 8.22. The summed E-state index contributed by atoms with van der Waals surface area (Å²) in [6.45, 7) is 4.58. The number of carbonyl (C=O) groups excluding carboxylic acids is 1. The molecule has 29 heavy (non-hydrogen) atoms. The van der Waals surface area contributed by atoms with Crippen LogP contribution < -0.4 is 10.5 Å². The number of aryl methyl sites for hydroxylation is 1. The molecule has 0 saturated carbocycles. The van der Waals surface area contributed by atoms with Crippen LogP contribution in [0.3, 0.4) is 0 Å². The molecule has 2 aromatic heterocycles. The van der Waals surface area contributed by atoms with Crippen LogP contribution in [0.2, 0.25) is 0 Å². The Kier molecular flexibility index (Phi) is 5.33. The average molecular weight is 390 g/mol. The highest BCUT2D eigenvalue weighted by Crippen LogP contribution is 2.15. The monoisotopic (exact) mass is 390 g/mol. The molecule has 1 saturated heterocycles. The van der Waals surface area contributed by atoms with E-state index in [1.54, 1.807) is 17.2 Å². The number of rotatable bonds is 3. The van der Waals surface area contributed by atoms with Crippen molar-refractivity contribution in [1.29, 1.82) is 0 Å². The molecule has 0 spiro atoms. The first-order chi connectivity index (χ1) is 14.1. The zero-order valence-electron chi connectivity index (χ0n) is 16.2. The maximum absolute atomic E-state index is 12.7. The molecule has 0 radical (unpaired) electrons. The van der Waals surface area contributed by atoms with Crippen LogP contribution in [-0.4, -0.2) is 56.7 Å². The number of nitrogens with zero attached hydrogens (tertiary/aromatic N) is 6. The molecule has 1 aliphatic rings. The molecule has 148 valence electrons. The molecule has 3 heterocycles. The average Bonchev–Trinajstić information content (AvgIpc) is 3.01. The van der Waals surface area contributed by atoms with Crippen molar-refractivity contribution >= 4 is 11.7 Å². The summed E-state index contributed by atoms with van der Waals surface area (Å²) in [5.74, 6) is 0.608. The van der Waals surface area contributed by atoms with Gasteiger partial charge in [-0.2, -0.15) is 4.68 Å². The van der Waals surface area contributed by atoms with Gasteiger partial charge in [-0.15, -0.1) is 5.10 Å². The first-order valence-electron chi connectivity index (χ1n) is 9.59. The molecule has 1 amide bonds. The highest BCUT2D eigenvalue weighted by atomic mass is 16.2. The van der Waals surface area contributed by atoms with Crippen LogP contribution in [0.4, 0.5) is 5.82 Å². The number of aromatic nitrogens is 4. The van der Waals surface area contributed by atoms with Gasteiger partial charge in [0.05, 0.1) is 11.9 Å². The fourth-order valence-electron chi connectivity index (χ4n) is 3.36. The lowest BCUT2D eigenvalue weighted by atomic mass is 10.2. The molecule has 0 unspecified atom stereocenters. The summed E-state index contributed by atoms with van der Waals surface area (Å²) in [5, 5.41) is 4.57. The van der Waals surface area contributed by atoms with Crippen molar-refractivity contribution in [3.63, 3.8) is 0 Å². The van der Waals surface area contributed by atoms with E-state index in [1.807, 2.05) is 31.2 Å². The van der Waals surface area contributed by atoms with E-state index in [9.17, 15) is 9.59 Å². The van der Waals surface area contributed by atoms with E-state index < -0.39 is 0 Å². The van der Waals surface area contributed by atoms with E-state index in [1.165, 1.54) is 23.1 Å². The molecule has 1 aromatic carbocycles. The standard InChI is InChI=1S/C21H22N6O2/c1-16-3-5-17(6-4-16)27-20(28)8-7-19(24-27)25-11-2-12-26(14-13-25)21(29)18-15-22-9-10-23-18/h3-10,15H,2,11-14H2,1H3. The van der Waals surface area contributed by atoms with Gasteiger partial charge in [-0.25, -0.2) is 4.98 Å². The fraction of sp³-hybridized carbons (Fsp3) is 0.286. The molecule has 8 nitrogen and oxygen atoms in total. The predicted octanol–water partition coefficient (Wildman–Crippen LogP) is 1.68. The van der Waals surface area contributed by atoms with Crippen molar-refractivity contribution in [2.75, 3.05) is 31.1 Å². The summed E-state index contributed by atoms with van der Waals surface area (Å²) in [4.78, 5) is 37.0. The Labute approximate surface area is 168 Å². The molecular weight excluding hydrogens is 368 g/mol. The molecule has 0 atom stereocenters. The largest absolute Gasteiger partial charge is 0.353 e. The van der Waals surface area contributed by atoms with E-state index in [0.29, 0.717) is 25.3 Å². The molecule has 8 heteroatoms. The summed E-state index contributed by atoms with van der Waals surface area (Å²) in [6.07, 6.45) is 5.37. The van der Waals surface area contributed by atoms with Crippen LogP contribution in [0, 0.1) is 6.92 Å². The van der Waals surface area contributed by atoms with Crippen molar-refractivity contribution in [2.24, 2.45) is 0 Å². The van der Waals surface area contributed by atoms with Gasteiger partial charge < -0.3 is 9.80 Å². The fourth-order valence-corrected chi connectivity index (χ4v) is 3.36. The Morgan fingerprint density at radius 1 is 0.966 bits per heavy atom. The zero-order valence-corrected chi connectivity index (χ0v) is 16.2. The predicted molar refractivity (Wildman–Crippen MR) is 109 cm³/mol. The van der Waals surface area contributed by atoms with Gasteiger partial charge in [0.25, 0.3) is 11.5 Å². The third-order valence-electron chi connectivity index (χ3n) is 4.95. The van der Waals surface area contributed by atoms with Gasteiger partial charge in [0.2, 0.25) is 0 Å². The molecule has 0 N–H and O–H groups in total. The topological polar surface area (TPSA) is 84.2 Å². The highest BCUT2D eigenvalue weighted by Gasteiger charge is 2.22. The first kappa shape index (κ1) is 18.8. The van der Waals surface area contributed by atoms with E-state index in [0.717, 1.165) is 30.0 Å². The van der Waals surface area contributed by atoms with Crippen LogP contribution in [0.1, 0.15) is 22.5 Å². The molecular formula is C21H22N6O2. The van der Waals surface area contributed by atoms with Crippen molar-refractivity contribution in [3.05, 3.63) is 76.6 Å². The van der Waals surface area contributed by atoms with Crippen LogP contribution >= 0.6 is 0 Å². The Morgan fingerprint density at radius 3 is 2.55 bits per heavy atom. The quantitative estimate of drug-likeness (QED) is 0.677. The van der Waals surface area contributed by atoms with Gasteiger partial charge in [0, 0.05) is 44.6 Å². The van der Waals surface area contributed by atoms with Crippen molar-refractivity contribution in [2.45, 2.75) is 13.3 Å². The molecule has 4 rings (SSSR count). The minimum atomic E-state index is -0.174. The number of carbonyl (C=O) groups is 1. The summed E-state index contributed by atoms with van der Waals surface area (Å²) in [5.41, 5.74) is 2.04. The number of benzene rings is 1. The number of amides is 1. The van der Waals surface area contributed by atoms with Gasteiger partial charge in [-0.3, -0.25) is 14.6 Å². The lowest BCUT2D eigenvalue weighted by Crippen LogP contribution is -2.36. The summed E-state index contributed by atoms with van der Waals surface area (Å²) >= 11 is 0. The molecule has 3 aromatic rings. The maximum atomic E-state index is 12.7. The lowest BCUT2D eigenvalue weighted by Gasteiger charge is -2.23. The van der Waals surface area contributed by atoms with E-state index in [2.05, 4.69) is 20.0 Å². The Balaban J connectivity index is 1.52. The first-order valence-corrected chi connectivity index (χ1v) is 9.59. The molecule has 0 bridgehead atoms. The van der Waals surface area contributed by atoms with Crippen LogP contribution in [-0.2, 0) is 0 Å². The van der Waals surface area contributed by atoms with Crippen LogP contribution in [0.5, 0.6) is 0 Å². The molecule has 1 aliphatic heterocycles. The van der Waals surface area contributed by atoms with E-state index >= 15 is 0 Å². The SMILES string of the molecule is Cc1ccc(-n2nc(N3CCCN(C(=O)c4cnccn4)CC3)ccc2=O)cc1. The van der Waals surface area contributed by atoms with Crippen molar-refractivity contribution in [1.82, 2.24) is 24.6 Å². The number of anilines is 1. The van der Waals surface area contributed by atoms with E-state index in [-0.39, 0.29) is 11.5 Å². The van der Waals surface area contributed by atoms with Crippen LogP contribution in [0.25, 0.3) is 5.69 Å². The zero-order chi connectivity index (χ0) is 20.2. The van der Waals surface area contributed by atoms with Gasteiger partial charge in [0.15, 0.2) is 0 Å². The second-order valence-corrected chi connectivity index (χ2v) is 7.00. The third kappa shape index (κ3) is 4.16. The van der Waals surface area contributed by atoms with Gasteiger partial charge in [-0.05, 0) is 31.5 Å². The minimum absolute atomic E-state index is 0.113. The Hall–Kier alpha value is -3.55. The Bertz CT molecular complexity index is 1050. The van der Waals surface area contributed by atoms with Gasteiger partial charge in [0.1, 0.15) is 11.5 Å². The molecule has 1 fully saturated rings. The lowest BCUT2D eigenvalue weighted by molar-refractivity contribution is 0.0760. The summed E-state index contributed by atoms with van der Waals surface area (Å²) in [7, 11) is 0. The summed E-state index contributed by atoms with van der Waals surface area (Å²) in [6, 6.07) is 11.0. The van der Waals surface area contributed by atoms with Gasteiger partial charge >= 0.3 is 0 Å². The smallest absolute Gasteiger partial charge is 0.274 e. The third-order valence-corrected chi connectivity index (χ3v) is 4.95. The number of hydrogen-bond acceptors (Lipinski definition) is 6. The van der Waals surface area contributed by atoms with Crippen molar-refractivity contribution < 1.29 is 4.79 Å². The van der Waals surface area contributed by atoms with Gasteiger partial charge in [-0.1, -0.05) is 17.7 Å². The van der Waals surface area contributed by atoms with Crippen molar-refractivity contribution in [3.8, 4) is 5.69 Å². The normalized spacial score (nSPS) is 14.5. The van der Waals surface area contributed by atoms with E-state index in [4.69, 9.17) is 0 Å². The highest BCUT2D eigenvalue weighted by molar-refractivity contribution is 5.92. The summed E-state index contributed by atoms with van der Waals surface area (Å²) < 4.78 is 1.42. The Morgan fingerprint density at radius 2 is 1.79 bits per heavy atom. The maximum Gasteiger partial charge on any atom is 0.274 e. The van der Waals surface area contributed by atoms with Crippen LogP contribution in [0.15, 0.2) is 59.8 Å². The minimum Gasteiger partial charge on any atom is -0.353 e. The molecule has 0 aliphatic carbocycles. The number of hydrogen-bond donors (Lipinski definition) is 0. The second-order valence-electron chi connectivity index (χ2n) is 7.00.